The fourth-order valence-electron chi connectivity index (χ4n) is 1.41. The molecule has 1 unspecified atom stereocenters. The Balaban J connectivity index is 2.14. The number of halogens is 1. The van der Waals surface area contributed by atoms with Crippen molar-refractivity contribution in [1.29, 1.82) is 0 Å². The van der Waals surface area contributed by atoms with E-state index >= 15 is 0 Å². The first-order chi connectivity index (χ1) is 8.86. The van der Waals surface area contributed by atoms with Crippen molar-refractivity contribution >= 4 is 22.5 Å². The molecule has 2 rings (SSSR count). The number of hydrogen-bond acceptors (Lipinski definition) is 4. The van der Waals surface area contributed by atoms with Gasteiger partial charge in [-0.25, -0.2) is 14.6 Å². The lowest BCUT2D eigenvalue weighted by molar-refractivity contribution is 0.624. The number of rotatable bonds is 3. The van der Waals surface area contributed by atoms with E-state index in [4.69, 9.17) is 11.6 Å². The molecule has 0 spiro atoms. The van der Waals surface area contributed by atoms with Crippen LogP contribution in [0.4, 0.5) is 0 Å². The molecule has 0 aliphatic heterocycles. The largest absolute Gasteiger partial charge is 0.285 e. The summed E-state index contributed by atoms with van der Waals surface area (Å²) in [6, 6.07) is 1.65. The Morgan fingerprint density at radius 3 is 2.74 bits per heavy atom. The van der Waals surface area contributed by atoms with E-state index in [-0.39, 0.29) is 15.6 Å². The predicted octanol–water partition coefficient (Wildman–Crippen LogP) is 2.18. The Kier molecular flexibility index (Phi) is 4.10. The highest BCUT2D eigenvalue weighted by molar-refractivity contribution is 7.97. The third kappa shape index (κ3) is 3.67. The van der Waals surface area contributed by atoms with Crippen LogP contribution < -0.4 is 0 Å². The topological polar surface area (TPSA) is 56.5 Å². The summed E-state index contributed by atoms with van der Waals surface area (Å²) in [6.45, 7) is 7.09. The number of nitrogens with zero attached hydrogens (tertiary/aromatic N) is 5. The number of aromatic nitrogens is 5. The molecule has 0 saturated carbocycles. The third-order valence-electron chi connectivity index (χ3n) is 2.72. The fourth-order valence-corrected chi connectivity index (χ4v) is 2.63. The van der Waals surface area contributed by atoms with Crippen LogP contribution in [0.1, 0.15) is 26.6 Å². The van der Waals surface area contributed by atoms with Crippen molar-refractivity contribution in [3.05, 3.63) is 29.4 Å². The van der Waals surface area contributed by atoms with Crippen LogP contribution in [0.2, 0.25) is 5.15 Å². The first-order valence-corrected chi connectivity index (χ1v) is 7.91. The molecule has 1 atom stereocenters. The zero-order valence-corrected chi connectivity index (χ0v) is 13.0. The molecule has 2 aromatic rings. The van der Waals surface area contributed by atoms with Gasteiger partial charge in [-0.3, -0.25) is 0 Å². The van der Waals surface area contributed by atoms with E-state index in [1.807, 2.05) is 6.20 Å². The highest BCUT2D eigenvalue weighted by Crippen LogP contribution is 2.23. The second kappa shape index (κ2) is 5.46. The predicted molar refractivity (Wildman–Crippen MR) is 77.5 cm³/mol. The standard InChI is InChI=1S/C12H17ClN5S/c1-12(2,3)19(4)11-8-18(17-16-11)7-10-14-6-5-9(13)15-10/h5-6,8H,7H2,1-4H3/q+1. The maximum Gasteiger partial charge on any atom is 0.285 e. The number of hydrogen-bond donors (Lipinski definition) is 0. The molecule has 0 aromatic carbocycles. The zero-order chi connectivity index (χ0) is 14.0. The van der Waals surface area contributed by atoms with E-state index in [9.17, 15) is 0 Å². The maximum atomic E-state index is 5.83. The molecule has 0 N–H and O–H groups in total. The first kappa shape index (κ1) is 14.3. The Morgan fingerprint density at radius 2 is 2.11 bits per heavy atom. The van der Waals surface area contributed by atoms with E-state index in [0.717, 1.165) is 5.03 Å². The van der Waals surface area contributed by atoms with Crippen LogP contribution in [0, 0.1) is 0 Å². The van der Waals surface area contributed by atoms with Gasteiger partial charge < -0.3 is 0 Å². The highest BCUT2D eigenvalue weighted by Gasteiger charge is 2.34. The van der Waals surface area contributed by atoms with Gasteiger partial charge in [-0.2, -0.15) is 0 Å². The minimum atomic E-state index is 0.0464. The van der Waals surface area contributed by atoms with Crippen LogP contribution >= 0.6 is 11.6 Å². The van der Waals surface area contributed by atoms with Crippen molar-refractivity contribution in [3.63, 3.8) is 0 Å². The average Bonchev–Trinajstić information content (AvgIpc) is 2.75. The first-order valence-electron chi connectivity index (χ1n) is 5.90. The lowest BCUT2D eigenvalue weighted by Crippen LogP contribution is -2.27. The van der Waals surface area contributed by atoms with Gasteiger partial charge in [-0.1, -0.05) is 21.9 Å². The summed E-state index contributed by atoms with van der Waals surface area (Å²) in [5.74, 6) is 0.635. The molecular formula is C12H17ClN5S+. The molecular weight excluding hydrogens is 282 g/mol. The summed E-state index contributed by atoms with van der Waals surface area (Å²) in [6.07, 6.45) is 5.78. The highest BCUT2D eigenvalue weighted by atomic mass is 35.5. The molecule has 2 heterocycles. The molecule has 2 aromatic heterocycles. The summed E-state index contributed by atoms with van der Waals surface area (Å²) in [5.41, 5.74) is 0. The van der Waals surface area contributed by atoms with Gasteiger partial charge in [-0.05, 0) is 26.8 Å². The Bertz CT molecular complexity index is 563. The van der Waals surface area contributed by atoms with Gasteiger partial charge in [0.25, 0.3) is 5.03 Å². The van der Waals surface area contributed by atoms with Gasteiger partial charge in [0.15, 0.2) is 5.82 Å². The molecule has 0 aliphatic carbocycles. The van der Waals surface area contributed by atoms with Crippen LogP contribution in [-0.2, 0) is 17.4 Å². The smallest absolute Gasteiger partial charge is 0.240 e. The van der Waals surface area contributed by atoms with Gasteiger partial charge in [0.2, 0.25) is 0 Å². The minimum absolute atomic E-state index is 0.0464. The van der Waals surface area contributed by atoms with Crippen LogP contribution in [0.3, 0.4) is 0 Å². The Hall–Kier alpha value is -1.14. The summed E-state index contributed by atoms with van der Waals surface area (Å²) in [5, 5.41) is 9.81. The van der Waals surface area contributed by atoms with Crippen LogP contribution in [0.15, 0.2) is 23.5 Å². The van der Waals surface area contributed by atoms with Gasteiger partial charge in [0, 0.05) is 17.1 Å². The van der Waals surface area contributed by atoms with Gasteiger partial charge in [-0.15, -0.1) is 0 Å². The van der Waals surface area contributed by atoms with Crippen molar-refractivity contribution < 1.29 is 0 Å². The summed E-state index contributed by atoms with van der Waals surface area (Å²) in [7, 11) is 0.0464. The molecule has 0 amide bonds. The summed E-state index contributed by atoms with van der Waals surface area (Å²) >= 11 is 5.83. The van der Waals surface area contributed by atoms with E-state index in [1.165, 1.54) is 0 Å². The van der Waals surface area contributed by atoms with Crippen LogP contribution in [0.25, 0.3) is 0 Å². The van der Waals surface area contributed by atoms with Gasteiger partial charge >= 0.3 is 0 Å². The molecule has 0 saturated heterocycles. The second-order valence-electron chi connectivity index (χ2n) is 5.17. The molecule has 7 heteroatoms. The monoisotopic (exact) mass is 298 g/mol. The summed E-state index contributed by atoms with van der Waals surface area (Å²) < 4.78 is 1.93. The molecule has 0 bridgehead atoms. The lowest BCUT2D eigenvalue weighted by Gasteiger charge is -2.14. The van der Waals surface area contributed by atoms with E-state index in [1.54, 1.807) is 16.9 Å². The second-order valence-corrected chi connectivity index (χ2v) is 8.22. The molecule has 19 heavy (non-hydrogen) atoms. The van der Waals surface area contributed by atoms with Gasteiger partial charge in [0.05, 0.1) is 0 Å². The van der Waals surface area contributed by atoms with Crippen LogP contribution in [0.5, 0.6) is 0 Å². The van der Waals surface area contributed by atoms with Crippen molar-refractivity contribution in [2.45, 2.75) is 37.1 Å². The molecule has 5 nitrogen and oxygen atoms in total. The normalized spacial score (nSPS) is 13.5. The average molecular weight is 299 g/mol. The summed E-state index contributed by atoms with van der Waals surface area (Å²) in [4.78, 5) is 8.30. The van der Waals surface area contributed by atoms with Crippen LogP contribution in [-0.4, -0.2) is 36.0 Å². The lowest BCUT2D eigenvalue weighted by atomic mass is 10.3. The zero-order valence-electron chi connectivity index (χ0n) is 11.5. The van der Waals surface area contributed by atoms with E-state index < -0.39 is 0 Å². The third-order valence-corrected chi connectivity index (χ3v) is 5.59. The van der Waals surface area contributed by atoms with E-state index in [0.29, 0.717) is 17.5 Å². The molecule has 102 valence electrons. The van der Waals surface area contributed by atoms with E-state index in [2.05, 4.69) is 47.3 Å². The molecule has 0 aliphatic rings. The van der Waals surface area contributed by atoms with Crippen molar-refractivity contribution in [3.8, 4) is 0 Å². The maximum absolute atomic E-state index is 5.83. The minimum Gasteiger partial charge on any atom is -0.240 e. The van der Waals surface area contributed by atoms with Gasteiger partial charge in [0.1, 0.15) is 28.9 Å². The SMILES string of the molecule is C[S+](c1cn(Cc2nccc(Cl)n2)nn1)C(C)(C)C. The molecule has 0 fully saturated rings. The fraction of sp³-hybridized carbons (Fsp3) is 0.500. The quantitative estimate of drug-likeness (QED) is 0.644. The van der Waals surface area contributed by atoms with Crippen molar-refractivity contribution in [2.24, 2.45) is 0 Å². The Morgan fingerprint density at radius 1 is 1.37 bits per heavy atom. The molecule has 0 radical (unpaired) electrons. The van der Waals surface area contributed by atoms with Crippen molar-refractivity contribution in [1.82, 2.24) is 25.0 Å². The van der Waals surface area contributed by atoms with Crippen molar-refractivity contribution in [2.75, 3.05) is 6.26 Å². The Labute approximate surface area is 120 Å².